The van der Waals surface area contributed by atoms with Crippen molar-refractivity contribution in [2.45, 2.75) is 52.6 Å². The van der Waals surface area contributed by atoms with E-state index in [2.05, 4.69) is 26.8 Å². The van der Waals surface area contributed by atoms with Gasteiger partial charge < -0.3 is 9.84 Å². The number of carboxylic acids is 1. The Kier molecular flexibility index (Phi) is 4.38. The summed E-state index contributed by atoms with van der Waals surface area (Å²) in [4.78, 5) is 10.6. The molecule has 3 heteroatoms. The van der Waals surface area contributed by atoms with Crippen molar-refractivity contribution in [3.8, 4) is 5.75 Å². The van der Waals surface area contributed by atoms with Crippen LogP contribution in [0, 0.1) is 6.92 Å². The normalized spacial score (nSPS) is 13.2. The first-order valence-corrected chi connectivity index (χ1v) is 6.19. The Morgan fingerprint density at radius 3 is 2.44 bits per heavy atom. The average Bonchev–Trinajstić information content (AvgIpc) is 2.18. The lowest BCUT2D eigenvalue weighted by molar-refractivity contribution is -0.138. The van der Waals surface area contributed by atoms with Crippen molar-refractivity contribution in [3.63, 3.8) is 0 Å². The molecule has 18 heavy (non-hydrogen) atoms. The summed E-state index contributed by atoms with van der Waals surface area (Å²) in [5.41, 5.74) is 2.40. The van der Waals surface area contributed by atoms with Crippen LogP contribution >= 0.6 is 0 Å². The van der Waals surface area contributed by atoms with E-state index in [-0.39, 0.29) is 17.9 Å². The number of benzene rings is 1. The van der Waals surface area contributed by atoms with Crippen LogP contribution in [0.1, 0.15) is 45.2 Å². The van der Waals surface area contributed by atoms with Gasteiger partial charge in [0.15, 0.2) is 0 Å². The zero-order valence-electron chi connectivity index (χ0n) is 11.8. The average molecular weight is 250 g/mol. The van der Waals surface area contributed by atoms with E-state index < -0.39 is 5.97 Å². The molecular formula is C15H22O3. The van der Waals surface area contributed by atoms with E-state index in [9.17, 15) is 4.79 Å². The van der Waals surface area contributed by atoms with E-state index in [0.717, 1.165) is 11.3 Å². The highest BCUT2D eigenvalue weighted by atomic mass is 16.5. The van der Waals surface area contributed by atoms with Crippen molar-refractivity contribution >= 4 is 5.97 Å². The van der Waals surface area contributed by atoms with Crippen LogP contribution in [0.15, 0.2) is 18.2 Å². The molecule has 1 aromatic rings. The molecule has 1 rings (SSSR count). The molecule has 0 heterocycles. The van der Waals surface area contributed by atoms with Gasteiger partial charge in [-0.1, -0.05) is 32.9 Å². The summed E-state index contributed by atoms with van der Waals surface area (Å²) in [5, 5.41) is 8.70. The molecule has 0 aliphatic heterocycles. The first-order valence-electron chi connectivity index (χ1n) is 6.19. The second-order valence-corrected chi connectivity index (χ2v) is 5.76. The third-order valence-corrected chi connectivity index (χ3v) is 2.83. The molecule has 0 aliphatic carbocycles. The largest absolute Gasteiger partial charge is 0.490 e. The van der Waals surface area contributed by atoms with Gasteiger partial charge in [0.1, 0.15) is 11.9 Å². The number of ether oxygens (including phenoxy) is 1. The summed E-state index contributed by atoms with van der Waals surface area (Å²) in [6.07, 6.45) is -0.304. The van der Waals surface area contributed by atoms with Gasteiger partial charge in [-0.15, -0.1) is 0 Å². The highest BCUT2D eigenvalue weighted by Crippen LogP contribution is 2.28. The van der Waals surface area contributed by atoms with Crippen LogP contribution in [-0.4, -0.2) is 17.2 Å². The Hall–Kier alpha value is -1.51. The molecule has 0 saturated carbocycles. The van der Waals surface area contributed by atoms with E-state index in [1.54, 1.807) is 6.92 Å². The number of aliphatic carboxylic acids is 1. The van der Waals surface area contributed by atoms with Gasteiger partial charge in [0.25, 0.3) is 0 Å². The van der Waals surface area contributed by atoms with Gasteiger partial charge in [-0.25, -0.2) is 0 Å². The molecular weight excluding hydrogens is 228 g/mol. The van der Waals surface area contributed by atoms with Gasteiger partial charge >= 0.3 is 5.97 Å². The first-order chi connectivity index (χ1) is 8.20. The fourth-order valence-electron chi connectivity index (χ4n) is 1.75. The number of aryl methyl sites for hydroxylation is 1. The van der Waals surface area contributed by atoms with Crippen LogP contribution in [0.5, 0.6) is 5.75 Å². The molecule has 100 valence electrons. The lowest BCUT2D eigenvalue weighted by Gasteiger charge is -2.21. The molecule has 0 aromatic heterocycles. The summed E-state index contributed by atoms with van der Waals surface area (Å²) in [7, 11) is 0. The van der Waals surface area contributed by atoms with Gasteiger partial charge in [-0.05, 0) is 36.5 Å². The maximum absolute atomic E-state index is 10.6. The van der Waals surface area contributed by atoms with Crippen molar-refractivity contribution in [2.75, 3.05) is 0 Å². The monoisotopic (exact) mass is 250 g/mol. The van der Waals surface area contributed by atoms with E-state index >= 15 is 0 Å². The summed E-state index contributed by atoms with van der Waals surface area (Å²) in [6, 6.07) is 6.06. The van der Waals surface area contributed by atoms with Crippen molar-refractivity contribution in [2.24, 2.45) is 0 Å². The van der Waals surface area contributed by atoms with Crippen LogP contribution in [0.4, 0.5) is 0 Å². The zero-order valence-corrected chi connectivity index (χ0v) is 11.8. The minimum absolute atomic E-state index is 0.0143. The van der Waals surface area contributed by atoms with Gasteiger partial charge in [-0.2, -0.15) is 0 Å². The lowest BCUT2D eigenvalue weighted by atomic mass is 9.86. The highest BCUT2D eigenvalue weighted by molar-refractivity contribution is 5.67. The van der Waals surface area contributed by atoms with Crippen LogP contribution in [-0.2, 0) is 10.2 Å². The summed E-state index contributed by atoms with van der Waals surface area (Å²) < 4.78 is 5.64. The summed E-state index contributed by atoms with van der Waals surface area (Å²) in [5.74, 6) is -0.0804. The highest BCUT2D eigenvalue weighted by Gasteiger charge is 2.16. The molecule has 1 atom stereocenters. The predicted molar refractivity (Wildman–Crippen MR) is 72.2 cm³/mol. The molecule has 0 radical (unpaired) electrons. The Morgan fingerprint density at radius 1 is 1.39 bits per heavy atom. The van der Waals surface area contributed by atoms with E-state index in [1.165, 1.54) is 5.56 Å². The lowest BCUT2D eigenvalue weighted by Crippen LogP contribution is -2.17. The molecule has 0 spiro atoms. The summed E-state index contributed by atoms with van der Waals surface area (Å²) in [6.45, 7) is 10.2. The number of carboxylic acid groups (broad SMARTS) is 1. The molecule has 0 aliphatic rings. The van der Waals surface area contributed by atoms with Crippen molar-refractivity contribution in [3.05, 3.63) is 29.3 Å². The van der Waals surface area contributed by atoms with E-state index in [4.69, 9.17) is 9.84 Å². The van der Waals surface area contributed by atoms with E-state index in [0.29, 0.717) is 0 Å². The third-order valence-electron chi connectivity index (χ3n) is 2.83. The fourth-order valence-corrected chi connectivity index (χ4v) is 1.75. The van der Waals surface area contributed by atoms with Gasteiger partial charge in [-0.3, -0.25) is 4.79 Å². The van der Waals surface area contributed by atoms with Crippen LogP contribution in [0.25, 0.3) is 0 Å². The number of hydrogen-bond donors (Lipinski definition) is 1. The van der Waals surface area contributed by atoms with Gasteiger partial charge in [0.2, 0.25) is 0 Å². The first kappa shape index (κ1) is 14.6. The predicted octanol–water partition coefficient (Wildman–Crippen LogP) is 3.53. The van der Waals surface area contributed by atoms with Gasteiger partial charge in [0.05, 0.1) is 6.42 Å². The van der Waals surface area contributed by atoms with Crippen LogP contribution in [0.3, 0.4) is 0 Å². The number of carbonyl (C=O) groups is 1. The minimum Gasteiger partial charge on any atom is -0.490 e. The topological polar surface area (TPSA) is 46.5 Å². The minimum atomic E-state index is -0.841. The Bertz CT molecular complexity index is 430. The second-order valence-electron chi connectivity index (χ2n) is 5.76. The molecule has 0 bridgehead atoms. The molecule has 1 aromatic carbocycles. The molecule has 1 N–H and O–H groups in total. The Balaban J connectivity index is 2.83. The molecule has 0 amide bonds. The maximum atomic E-state index is 10.6. The van der Waals surface area contributed by atoms with Crippen molar-refractivity contribution < 1.29 is 14.6 Å². The Labute approximate surface area is 109 Å². The standard InChI is InChI=1S/C15H22O3/c1-10-8-12(15(3,4)5)6-7-13(10)18-11(2)9-14(16)17/h6-8,11H,9H2,1-5H3,(H,16,17)/t11-/m0/s1. The SMILES string of the molecule is Cc1cc(C(C)(C)C)ccc1O[C@@H](C)CC(=O)O. The van der Waals surface area contributed by atoms with Crippen LogP contribution < -0.4 is 4.74 Å². The molecule has 3 nitrogen and oxygen atoms in total. The van der Waals surface area contributed by atoms with Crippen molar-refractivity contribution in [1.29, 1.82) is 0 Å². The molecule has 0 saturated heterocycles. The fraction of sp³-hybridized carbons (Fsp3) is 0.533. The van der Waals surface area contributed by atoms with Crippen molar-refractivity contribution in [1.82, 2.24) is 0 Å². The zero-order chi connectivity index (χ0) is 13.9. The summed E-state index contributed by atoms with van der Waals surface area (Å²) >= 11 is 0. The van der Waals surface area contributed by atoms with Crippen LogP contribution in [0.2, 0.25) is 0 Å². The Morgan fingerprint density at radius 2 is 2.00 bits per heavy atom. The molecule has 0 unspecified atom stereocenters. The van der Waals surface area contributed by atoms with Gasteiger partial charge in [0, 0.05) is 0 Å². The van der Waals surface area contributed by atoms with E-state index in [1.807, 2.05) is 19.1 Å². The number of hydrogen-bond acceptors (Lipinski definition) is 2. The quantitative estimate of drug-likeness (QED) is 0.889. The smallest absolute Gasteiger partial charge is 0.307 e. The molecule has 0 fully saturated rings. The maximum Gasteiger partial charge on any atom is 0.307 e. The third kappa shape index (κ3) is 4.06. The number of rotatable bonds is 4. The second kappa shape index (κ2) is 5.42.